The lowest BCUT2D eigenvalue weighted by Crippen LogP contribution is -2.47. The number of aryl methyl sites for hydroxylation is 1. The molecule has 14 heavy (non-hydrogen) atoms. The summed E-state index contributed by atoms with van der Waals surface area (Å²) in [4.78, 5) is 15.7. The lowest BCUT2D eigenvalue weighted by molar-refractivity contribution is -0.119. The maximum Gasteiger partial charge on any atom is 0.249 e. The molecule has 2 rings (SSSR count). The number of hydrogen-bond donors (Lipinski definition) is 2. The third kappa shape index (κ3) is 1.23. The van der Waals surface area contributed by atoms with Crippen molar-refractivity contribution >= 4 is 17.3 Å². The van der Waals surface area contributed by atoms with E-state index in [-0.39, 0.29) is 5.91 Å². The Morgan fingerprint density at radius 3 is 2.79 bits per heavy atom. The van der Waals surface area contributed by atoms with Gasteiger partial charge in [0.15, 0.2) is 0 Å². The Morgan fingerprint density at radius 1 is 1.36 bits per heavy atom. The van der Waals surface area contributed by atoms with Crippen LogP contribution in [0.5, 0.6) is 0 Å². The predicted octanol–water partition coefficient (Wildman–Crippen LogP) is 1.53. The van der Waals surface area contributed by atoms with Gasteiger partial charge in [-0.25, -0.2) is 0 Å². The van der Waals surface area contributed by atoms with E-state index in [2.05, 4.69) is 15.6 Å². The van der Waals surface area contributed by atoms with Gasteiger partial charge < -0.3 is 10.6 Å². The Hall–Kier alpha value is -1.58. The minimum absolute atomic E-state index is 0.0145. The largest absolute Gasteiger partial charge is 0.369 e. The molecule has 0 aliphatic carbocycles. The lowest BCUT2D eigenvalue weighted by Gasteiger charge is -2.33. The molecule has 1 aromatic heterocycles. The van der Waals surface area contributed by atoms with Gasteiger partial charge in [0.2, 0.25) is 5.91 Å². The van der Waals surface area contributed by atoms with E-state index in [0.717, 1.165) is 16.9 Å². The molecular formula is C10H13N3O. The van der Waals surface area contributed by atoms with Gasteiger partial charge in [-0.2, -0.15) is 0 Å². The second-order valence-corrected chi connectivity index (χ2v) is 4.08. The molecule has 0 spiro atoms. The van der Waals surface area contributed by atoms with Gasteiger partial charge in [-0.05, 0) is 26.3 Å². The number of anilines is 2. The molecule has 1 aromatic rings. The molecule has 0 bridgehead atoms. The van der Waals surface area contributed by atoms with E-state index in [1.807, 2.05) is 20.8 Å². The Morgan fingerprint density at radius 2 is 2.07 bits per heavy atom. The fourth-order valence-electron chi connectivity index (χ4n) is 1.49. The van der Waals surface area contributed by atoms with Crippen LogP contribution in [0.15, 0.2) is 12.4 Å². The average molecular weight is 191 g/mol. The van der Waals surface area contributed by atoms with Crippen LogP contribution in [0.3, 0.4) is 0 Å². The van der Waals surface area contributed by atoms with Crippen molar-refractivity contribution in [3.63, 3.8) is 0 Å². The summed E-state index contributed by atoms with van der Waals surface area (Å²) in [6, 6.07) is 0. The van der Waals surface area contributed by atoms with Crippen molar-refractivity contribution in [3.8, 4) is 0 Å². The minimum atomic E-state index is -0.567. The maximum absolute atomic E-state index is 11.6. The summed E-state index contributed by atoms with van der Waals surface area (Å²) < 4.78 is 0. The monoisotopic (exact) mass is 191 g/mol. The van der Waals surface area contributed by atoms with Gasteiger partial charge in [0, 0.05) is 6.20 Å². The number of hydrogen-bond acceptors (Lipinski definition) is 3. The van der Waals surface area contributed by atoms with Crippen LogP contribution >= 0.6 is 0 Å². The highest BCUT2D eigenvalue weighted by Crippen LogP contribution is 2.31. The lowest BCUT2D eigenvalue weighted by atomic mass is 10.00. The number of fused-ring (bicyclic) bond motifs is 1. The van der Waals surface area contributed by atoms with Crippen LogP contribution in [0.4, 0.5) is 11.4 Å². The van der Waals surface area contributed by atoms with Crippen molar-refractivity contribution < 1.29 is 4.79 Å². The molecule has 4 heteroatoms. The van der Waals surface area contributed by atoms with Gasteiger partial charge in [0.25, 0.3) is 0 Å². The van der Waals surface area contributed by atoms with Crippen LogP contribution in [-0.2, 0) is 4.79 Å². The van der Waals surface area contributed by atoms with E-state index in [9.17, 15) is 4.79 Å². The number of carbonyl (C=O) groups excluding carboxylic acids is 1. The van der Waals surface area contributed by atoms with Crippen LogP contribution in [0.25, 0.3) is 0 Å². The first-order chi connectivity index (χ1) is 6.50. The Kier molecular flexibility index (Phi) is 1.74. The normalized spacial score (nSPS) is 18.1. The van der Waals surface area contributed by atoms with Crippen molar-refractivity contribution in [2.45, 2.75) is 26.3 Å². The molecule has 0 atom stereocenters. The van der Waals surface area contributed by atoms with Crippen molar-refractivity contribution in [2.75, 3.05) is 10.6 Å². The summed E-state index contributed by atoms with van der Waals surface area (Å²) in [6.45, 7) is 5.60. The quantitative estimate of drug-likeness (QED) is 0.654. The molecule has 1 aliphatic rings. The van der Waals surface area contributed by atoms with E-state index < -0.39 is 5.54 Å². The number of carbonyl (C=O) groups is 1. The minimum Gasteiger partial charge on any atom is -0.369 e. The van der Waals surface area contributed by atoms with Crippen LogP contribution < -0.4 is 10.6 Å². The molecule has 0 saturated carbocycles. The van der Waals surface area contributed by atoms with Gasteiger partial charge in [-0.3, -0.25) is 9.78 Å². The highest BCUT2D eigenvalue weighted by Gasteiger charge is 2.33. The molecule has 0 aromatic carbocycles. The van der Waals surface area contributed by atoms with Crippen molar-refractivity contribution in [1.82, 2.24) is 4.98 Å². The number of pyridine rings is 1. The average Bonchev–Trinajstić information content (AvgIpc) is 2.08. The fraction of sp³-hybridized carbons (Fsp3) is 0.400. The number of aromatic nitrogens is 1. The fourth-order valence-corrected chi connectivity index (χ4v) is 1.49. The zero-order valence-corrected chi connectivity index (χ0v) is 8.51. The van der Waals surface area contributed by atoms with Crippen LogP contribution in [0.2, 0.25) is 0 Å². The van der Waals surface area contributed by atoms with Gasteiger partial charge in [0.1, 0.15) is 5.54 Å². The van der Waals surface area contributed by atoms with Crippen LogP contribution in [-0.4, -0.2) is 16.4 Å². The first kappa shape index (κ1) is 8.99. The van der Waals surface area contributed by atoms with E-state index in [1.54, 1.807) is 12.4 Å². The molecule has 1 aliphatic heterocycles. The molecule has 74 valence electrons. The molecular weight excluding hydrogens is 178 g/mol. The van der Waals surface area contributed by atoms with E-state index in [4.69, 9.17) is 0 Å². The summed E-state index contributed by atoms with van der Waals surface area (Å²) in [5.41, 5.74) is 2.13. The highest BCUT2D eigenvalue weighted by atomic mass is 16.2. The molecule has 0 saturated heterocycles. The highest BCUT2D eigenvalue weighted by molar-refractivity contribution is 6.05. The first-order valence-electron chi connectivity index (χ1n) is 4.55. The summed E-state index contributed by atoms with van der Waals surface area (Å²) in [5.74, 6) is -0.0145. The third-order valence-corrected chi connectivity index (χ3v) is 2.39. The first-order valence-corrected chi connectivity index (χ1v) is 4.55. The smallest absolute Gasteiger partial charge is 0.249 e. The van der Waals surface area contributed by atoms with Crippen LogP contribution in [0.1, 0.15) is 19.4 Å². The van der Waals surface area contributed by atoms with Crippen molar-refractivity contribution in [2.24, 2.45) is 0 Å². The van der Waals surface area contributed by atoms with Crippen LogP contribution in [0, 0.1) is 6.92 Å². The van der Waals surface area contributed by atoms with E-state index in [1.165, 1.54) is 0 Å². The summed E-state index contributed by atoms with van der Waals surface area (Å²) in [6.07, 6.45) is 3.46. The molecule has 0 unspecified atom stereocenters. The van der Waals surface area contributed by atoms with Gasteiger partial charge in [-0.15, -0.1) is 0 Å². The van der Waals surface area contributed by atoms with Gasteiger partial charge in [0.05, 0.1) is 17.6 Å². The zero-order chi connectivity index (χ0) is 10.3. The number of nitrogens with zero attached hydrogens (tertiary/aromatic N) is 1. The Labute approximate surface area is 82.7 Å². The second kappa shape index (κ2) is 2.70. The molecule has 0 radical (unpaired) electrons. The maximum atomic E-state index is 11.6. The second-order valence-electron chi connectivity index (χ2n) is 4.08. The zero-order valence-electron chi connectivity index (χ0n) is 8.51. The summed E-state index contributed by atoms with van der Waals surface area (Å²) in [7, 11) is 0. The summed E-state index contributed by atoms with van der Waals surface area (Å²) >= 11 is 0. The SMILES string of the molecule is Cc1cncc2c1NC(=O)C(C)(C)N2. The number of rotatable bonds is 0. The Bertz CT molecular complexity index is 398. The van der Waals surface area contributed by atoms with E-state index in [0.29, 0.717) is 0 Å². The third-order valence-electron chi connectivity index (χ3n) is 2.39. The predicted molar refractivity (Wildman–Crippen MR) is 55.3 cm³/mol. The molecule has 0 fully saturated rings. The van der Waals surface area contributed by atoms with Crippen molar-refractivity contribution in [3.05, 3.63) is 18.0 Å². The van der Waals surface area contributed by atoms with E-state index >= 15 is 0 Å². The molecule has 1 amide bonds. The molecule has 2 heterocycles. The standard InChI is InChI=1S/C10H13N3O/c1-6-4-11-5-7-8(6)12-9(14)10(2,3)13-7/h4-5,13H,1-3H3,(H,12,14). The molecule has 2 N–H and O–H groups in total. The Balaban J connectivity index is 2.51. The number of nitrogens with one attached hydrogen (secondary N) is 2. The van der Waals surface area contributed by atoms with Gasteiger partial charge >= 0.3 is 0 Å². The topological polar surface area (TPSA) is 54.0 Å². The summed E-state index contributed by atoms with van der Waals surface area (Å²) in [5, 5.41) is 6.03. The molecule has 4 nitrogen and oxygen atoms in total. The van der Waals surface area contributed by atoms with Gasteiger partial charge in [-0.1, -0.05) is 0 Å². The number of amides is 1. The van der Waals surface area contributed by atoms with Crippen molar-refractivity contribution in [1.29, 1.82) is 0 Å².